The van der Waals surface area contributed by atoms with Crippen LogP contribution in [0, 0.1) is 17.3 Å². The van der Waals surface area contributed by atoms with E-state index < -0.39 is 38.4 Å². The predicted molar refractivity (Wildman–Crippen MR) is 99.7 cm³/mol. The molecule has 0 amide bonds. The maximum atomic E-state index is 13.6. The fraction of sp³-hybridized carbons (Fsp3) is 0.765. The van der Waals surface area contributed by atoms with Gasteiger partial charge in [0.15, 0.2) is 11.5 Å². The maximum absolute atomic E-state index is 13.6. The first-order valence-corrected chi connectivity index (χ1v) is 11.7. The van der Waals surface area contributed by atoms with Crippen molar-refractivity contribution in [2.75, 3.05) is 34.9 Å². The van der Waals surface area contributed by atoms with Crippen LogP contribution >= 0.6 is 11.6 Å². The van der Waals surface area contributed by atoms with Crippen LogP contribution in [-0.2, 0) is 16.0 Å². The molecule has 160 valence electrons. The summed E-state index contributed by atoms with van der Waals surface area (Å²) in [4.78, 5) is 11.2. The van der Waals surface area contributed by atoms with Crippen LogP contribution in [0.3, 0.4) is 0 Å². The first-order valence-electron chi connectivity index (χ1n) is 9.26. The number of aliphatic hydroxyl groups is 1. The number of alkyl halides is 3. The number of anilines is 2. The molecule has 2 bridgehead atoms. The summed E-state index contributed by atoms with van der Waals surface area (Å²) in [6, 6.07) is -0.604. The van der Waals surface area contributed by atoms with Gasteiger partial charge in [-0.2, -0.15) is 18.2 Å². The number of β-amino-alcohol motifs (C(OH)–C–C–N with tert-alkyl or cyclic N) is 1. The number of halogens is 4. The fourth-order valence-corrected chi connectivity index (χ4v) is 7.21. The van der Waals surface area contributed by atoms with Crippen molar-refractivity contribution in [3.8, 4) is 0 Å². The van der Waals surface area contributed by atoms with Crippen LogP contribution in [0.4, 0.5) is 24.9 Å². The van der Waals surface area contributed by atoms with E-state index in [0.29, 0.717) is 6.54 Å². The zero-order valence-electron chi connectivity index (χ0n) is 15.9. The van der Waals surface area contributed by atoms with Crippen LogP contribution in [0.25, 0.3) is 0 Å². The molecule has 3 saturated heterocycles. The first kappa shape index (κ1) is 19.6. The number of piperidine rings is 1. The van der Waals surface area contributed by atoms with Crippen molar-refractivity contribution < 1.29 is 26.7 Å². The van der Waals surface area contributed by atoms with E-state index in [1.807, 2.05) is 0 Å². The topological polar surface area (TPSA) is 86.6 Å². The van der Waals surface area contributed by atoms with Gasteiger partial charge in [-0.05, 0) is 25.7 Å². The van der Waals surface area contributed by atoms with Crippen LogP contribution in [0.5, 0.6) is 0 Å². The van der Waals surface area contributed by atoms with E-state index in [4.69, 9.17) is 11.6 Å². The molecule has 2 unspecified atom stereocenters. The third kappa shape index (κ3) is 2.56. The zero-order valence-corrected chi connectivity index (χ0v) is 17.5. The summed E-state index contributed by atoms with van der Waals surface area (Å²) in [5, 5.41) is 9.59. The Hall–Kier alpha value is -1.33. The SMILES string of the molecule is C[C@@H]1N(c2nc(N3CC4[C@H]5C3[C@]45CS(C)(=O)=O)c(Cl)c(C(F)(F)F)n2)C[C@@]1(C)O. The van der Waals surface area contributed by atoms with Crippen LogP contribution in [0.2, 0.25) is 5.02 Å². The molecule has 4 heterocycles. The molecule has 12 heteroatoms. The largest absolute Gasteiger partial charge is 0.435 e. The standard InChI is InChI=1S/C17H20ClF3N4O3S/c1-7-15(2,26)5-25(7)14-22-11(17(19,20)21)10(18)13(23-14)24-4-8-9-12(24)16(8,9)6-29(3,27)28/h7-9,12,26H,4-6H2,1-3H3/t7-,8?,9-,12?,15+,16+/m0/s1. The van der Waals surface area contributed by atoms with Crippen LogP contribution < -0.4 is 9.80 Å². The monoisotopic (exact) mass is 452 g/mol. The van der Waals surface area contributed by atoms with Gasteiger partial charge in [0.25, 0.3) is 0 Å². The van der Waals surface area contributed by atoms with Crippen molar-refractivity contribution in [3.63, 3.8) is 0 Å². The molecule has 5 fully saturated rings. The average Bonchev–Trinajstić information content (AvgIpc) is 3.23. The zero-order chi connectivity index (χ0) is 21.3. The number of hydrogen-bond donors (Lipinski definition) is 1. The molecule has 3 aliphatic heterocycles. The highest BCUT2D eigenvalue weighted by Crippen LogP contribution is 2.86. The second-order valence-electron chi connectivity index (χ2n) is 9.08. The summed E-state index contributed by atoms with van der Waals surface area (Å²) in [5.74, 6) is 0.212. The lowest BCUT2D eigenvalue weighted by molar-refractivity contribution is -0.141. The lowest BCUT2D eigenvalue weighted by Gasteiger charge is -2.51. The second-order valence-corrected chi connectivity index (χ2v) is 11.6. The number of rotatable bonds is 4. The summed E-state index contributed by atoms with van der Waals surface area (Å²) < 4.78 is 64.3. The quantitative estimate of drug-likeness (QED) is 0.742. The lowest BCUT2D eigenvalue weighted by Crippen LogP contribution is -2.67. The highest BCUT2D eigenvalue weighted by atomic mass is 35.5. The molecular formula is C17H20ClF3N4O3S. The predicted octanol–water partition coefficient (Wildman–Crippen LogP) is 1.59. The van der Waals surface area contributed by atoms with Crippen molar-refractivity contribution in [2.24, 2.45) is 17.3 Å². The molecule has 2 saturated carbocycles. The average molecular weight is 453 g/mol. The summed E-state index contributed by atoms with van der Waals surface area (Å²) in [6.45, 7) is 3.83. The van der Waals surface area contributed by atoms with Gasteiger partial charge in [-0.25, -0.2) is 13.4 Å². The Morgan fingerprint density at radius 3 is 2.45 bits per heavy atom. The Bertz CT molecular complexity index is 1030. The van der Waals surface area contributed by atoms with Gasteiger partial charge in [-0.3, -0.25) is 0 Å². The Morgan fingerprint density at radius 1 is 1.31 bits per heavy atom. The Kier molecular flexibility index (Phi) is 3.58. The van der Waals surface area contributed by atoms with E-state index in [-0.39, 0.29) is 47.4 Å². The third-order valence-electron chi connectivity index (χ3n) is 7.14. The molecule has 2 aliphatic carbocycles. The summed E-state index contributed by atoms with van der Waals surface area (Å²) >= 11 is 6.10. The van der Waals surface area contributed by atoms with Gasteiger partial charge in [-0.15, -0.1) is 0 Å². The van der Waals surface area contributed by atoms with E-state index in [1.54, 1.807) is 18.7 Å². The molecule has 5 aliphatic rings. The molecule has 1 aromatic rings. The summed E-state index contributed by atoms with van der Waals surface area (Å²) in [7, 11) is -3.20. The van der Waals surface area contributed by atoms with Crippen LogP contribution in [0.1, 0.15) is 19.5 Å². The van der Waals surface area contributed by atoms with Gasteiger partial charge >= 0.3 is 6.18 Å². The van der Waals surface area contributed by atoms with E-state index >= 15 is 0 Å². The van der Waals surface area contributed by atoms with Crippen molar-refractivity contribution in [2.45, 2.75) is 37.7 Å². The van der Waals surface area contributed by atoms with E-state index in [1.165, 1.54) is 11.2 Å². The molecule has 6 atom stereocenters. The van der Waals surface area contributed by atoms with Gasteiger partial charge in [0.2, 0.25) is 5.95 Å². The first-order chi connectivity index (χ1) is 13.2. The highest BCUT2D eigenvalue weighted by molar-refractivity contribution is 7.90. The molecule has 29 heavy (non-hydrogen) atoms. The lowest BCUT2D eigenvalue weighted by atomic mass is 9.87. The molecule has 0 aromatic carbocycles. The molecule has 0 spiro atoms. The number of nitrogens with zero attached hydrogens (tertiary/aromatic N) is 4. The minimum Gasteiger partial charge on any atom is -0.386 e. The van der Waals surface area contributed by atoms with E-state index in [0.717, 1.165) is 0 Å². The summed E-state index contributed by atoms with van der Waals surface area (Å²) in [6.07, 6.45) is -3.59. The minimum absolute atomic E-state index is 0.00638. The van der Waals surface area contributed by atoms with Gasteiger partial charge in [-0.1, -0.05) is 11.6 Å². The van der Waals surface area contributed by atoms with Gasteiger partial charge < -0.3 is 14.9 Å². The highest BCUT2D eigenvalue weighted by Gasteiger charge is 2.92. The van der Waals surface area contributed by atoms with Gasteiger partial charge in [0.1, 0.15) is 14.9 Å². The third-order valence-corrected chi connectivity index (χ3v) is 8.51. The number of hydrogen-bond acceptors (Lipinski definition) is 7. The van der Waals surface area contributed by atoms with E-state index in [2.05, 4.69) is 9.97 Å². The molecule has 1 aromatic heterocycles. The maximum Gasteiger partial charge on any atom is 0.435 e. The Morgan fingerprint density at radius 2 is 1.97 bits per heavy atom. The fourth-order valence-electron chi connectivity index (χ4n) is 5.43. The van der Waals surface area contributed by atoms with Crippen molar-refractivity contribution in [1.29, 1.82) is 0 Å². The molecule has 6 rings (SSSR count). The molecule has 0 radical (unpaired) electrons. The van der Waals surface area contributed by atoms with Crippen molar-refractivity contribution >= 4 is 33.2 Å². The Labute approximate surface area is 170 Å². The molecular weight excluding hydrogens is 433 g/mol. The Balaban J connectivity index is 1.52. The normalized spacial score (nSPS) is 40.0. The van der Waals surface area contributed by atoms with Gasteiger partial charge in [0, 0.05) is 24.3 Å². The van der Waals surface area contributed by atoms with Gasteiger partial charge in [0.05, 0.1) is 23.9 Å². The number of aromatic nitrogens is 2. The molecule has 7 nitrogen and oxygen atoms in total. The molecule has 1 N–H and O–H groups in total. The van der Waals surface area contributed by atoms with Crippen LogP contribution in [-0.4, -0.2) is 66.3 Å². The second kappa shape index (κ2) is 5.28. The smallest absolute Gasteiger partial charge is 0.386 e. The summed E-state index contributed by atoms with van der Waals surface area (Å²) in [5.41, 5.74) is -2.62. The number of sulfone groups is 1. The van der Waals surface area contributed by atoms with Crippen LogP contribution in [0.15, 0.2) is 0 Å². The van der Waals surface area contributed by atoms with Crippen molar-refractivity contribution in [1.82, 2.24) is 9.97 Å². The van der Waals surface area contributed by atoms with E-state index in [9.17, 15) is 26.7 Å². The van der Waals surface area contributed by atoms with Crippen molar-refractivity contribution in [3.05, 3.63) is 10.7 Å². The minimum atomic E-state index is -4.76. The number of fused-ring (bicyclic) bond motifs is 1.